The number of hydrogen-bond acceptors (Lipinski definition) is 0. The summed E-state index contributed by atoms with van der Waals surface area (Å²) in [5.41, 5.74) is 0. The van der Waals surface area contributed by atoms with Gasteiger partial charge in [-0.2, -0.15) is 0 Å². The fraction of sp³-hybridized carbons (Fsp3) is 0.778. The minimum absolute atomic E-state index is 0.712. The number of hydrogen-bond donors (Lipinski definition) is 0. The summed E-state index contributed by atoms with van der Waals surface area (Å²) < 4.78 is 0. The van der Waals surface area contributed by atoms with Gasteiger partial charge in [0.25, 0.3) is 0 Å². The van der Waals surface area contributed by atoms with Crippen LogP contribution in [0.25, 0.3) is 0 Å². The van der Waals surface area contributed by atoms with Crippen molar-refractivity contribution in [1.82, 2.24) is 0 Å². The van der Waals surface area contributed by atoms with Crippen molar-refractivity contribution in [1.29, 1.82) is 0 Å². The van der Waals surface area contributed by atoms with Crippen molar-refractivity contribution in [2.24, 2.45) is 11.8 Å². The largest absolute Gasteiger partial charge is 0.0880 e. The molecule has 0 nitrogen and oxygen atoms in total. The summed E-state index contributed by atoms with van der Waals surface area (Å²) in [5.74, 6) is 1.52. The summed E-state index contributed by atoms with van der Waals surface area (Å²) in [6, 6.07) is 0. The molecule has 0 aromatic rings. The Labute approximate surface area is 59.0 Å². The van der Waals surface area contributed by atoms with Gasteiger partial charge < -0.3 is 0 Å². The van der Waals surface area contributed by atoms with Crippen LogP contribution >= 0.6 is 0 Å². The van der Waals surface area contributed by atoms with Crippen LogP contribution in [-0.2, 0) is 0 Å². The van der Waals surface area contributed by atoms with Crippen LogP contribution in [-0.4, -0.2) is 0 Å². The van der Waals surface area contributed by atoms with Crippen LogP contribution in [0.2, 0.25) is 0 Å². The van der Waals surface area contributed by atoms with Crippen molar-refractivity contribution in [3.8, 4) is 0 Å². The zero-order valence-electron chi connectivity index (χ0n) is 7.02. The molecule has 0 heteroatoms. The predicted molar refractivity (Wildman–Crippen MR) is 43.4 cm³/mol. The molecule has 0 aromatic carbocycles. The maximum Gasteiger partial charge on any atom is -0.0290 e. The van der Waals surface area contributed by atoms with Gasteiger partial charge in [-0.1, -0.05) is 39.8 Å². The van der Waals surface area contributed by atoms with Gasteiger partial charge in [0.2, 0.25) is 0 Å². The summed E-state index contributed by atoms with van der Waals surface area (Å²) in [6.07, 6.45) is 5.76. The van der Waals surface area contributed by atoms with Gasteiger partial charge >= 0.3 is 0 Å². The molecule has 0 amide bonds. The van der Waals surface area contributed by atoms with E-state index in [1.807, 2.05) is 0 Å². The van der Waals surface area contributed by atoms with E-state index in [-0.39, 0.29) is 0 Å². The number of allylic oxidation sites excluding steroid dienone is 2. The van der Waals surface area contributed by atoms with Crippen molar-refractivity contribution in [2.45, 2.75) is 34.1 Å². The van der Waals surface area contributed by atoms with E-state index in [1.165, 1.54) is 6.42 Å². The van der Waals surface area contributed by atoms with Crippen LogP contribution in [0.1, 0.15) is 34.1 Å². The SMILES string of the molecule is CC(C)C=CCC(C)C. The van der Waals surface area contributed by atoms with E-state index in [9.17, 15) is 0 Å². The first-order chi connectivity index (χ1) is 4.13. The lowest BCUT2D eigenvalue weighted by molar-refractivity contribution is 0.659. The maximum atomic E-state index is 2.27. The van der Waals surface area contributed by atoms with Crippen LogP contribution in [0.5, 0.6) is 0 Å². The highest BCUT2D eigenvalue weighted by molar-refractivity contribution is 4.84. The molecule has 0 saturated heterocycles. The molecule has 0 spiro atoms. The first kappa shape index (κ1) is 8.74. The summed E-state index contributed by atoms with van der Waals surface area (Å²) in [5, 5.41) is 0. The summed E-state index contributed by atoms with van der Waals surface area (Å²) >= 11 is 0. The standard InChI is InChI=1S/C9H18/c1-8(2)6-5-7-9(3)4/h5-6,8-9H,7H2,1-4H3. The lowest BCUT2D eigenvalue weighted by Crippen LogP contribution is -1.83. The third-order valence-electron chi connectivity index (χ3n) is 1.13. The van der Waals surface area contributed by atoms with E-state index in [1.54, 1.807) is 0 Å². The Morgan fingerprint density at radius 1 is 1.11 bits per heavy atom. The molecule has 0 atom stereocenters. The molecular weight excluding hydrogens is 108 g/mol. The average molecular weight is 126 g/mol. The Kier molecular flexibility index (Phi) is 4.47. The van der Waals surface area contributed by atoms with Crippen LogP contribution in [0.4, 0.5) is 0 Å². The van der Waals surface area contributed by atoms with Crippen molar-refractivity contribution in [3.05, 3.63) is 12.2 Å². The molecule has 0 aliphatic rings. The molecular formula is C9H18. The van der Waals surface area contributed by atoms with Crippen LogP contribution in [0, 0.1) is 11.8 Å². The van der Waals surface area contributed by atoms with Crippen molar-refractivity contribution < 1.29 is 0 Å². The number of rotatable bonds is 3. The van der Waals surface area contributed by atoms with Crippen LogP contribution in [0.15, 0.2) is 12.2 Å². The third-order valence-corrected chi connectivity index (χ3v) is 1.13. The van der Waals surface area contributed by atoms with Crippen LogP contribution < -0.4 is 0 Å². The molecule has 0 aliphatic heterocycles. The van der Waals surface area contributed by atoms with E-state index in [2.05, 4.69) is 39.8 Å². The Morgan fingerprint density at radius 2 is 1.67 bits per heavy atom. The van der Waals surface area contributed by atoms with E-state index in [4.69, 9.17) is 0 Å². The topological polar surface area (TPSA) is 0 Å². The normalized spacial score (nSPS) is 12.2. The quantitative estimate of drug-likeness (QED) is 0.509. The van der Waals surface area contributed by atoms with Crippen LogP contribution in [0.3, 0.4) is 0 Å². The first-order valence-corrected chi connectivity index (χ1v) is 3.79. The van der Waals surface area contributed by atoms with E-state index < -0.39 is 0 Å². The first-order valence-electron chi connectivity index (χ1n) is 3.79. The highest BCUT2D eigenvalue weighted by atomic mass is 13.9. The Balaban J connectivity index is 3.25. The molecule has 0 aliphatic carbocycles. The molecule has 0 bridgehead atoms. The van der Waals surface area contributed by atoms with Gasteiger partial charge in [0, 0.05) is 0 Å². The van der Waals surface area contributed by atoms with E-state index in [0.717, 1.165) is 5.92 Å². The predicted octanol–water partition coefficient (Wildman–Crippen LogP) is 3.24. The van der Waals surface area contributed by atoms with Gasteiger partial charge in [-0.05, 0) is 18.3 Å². The summed E-state index contributed by atoms with van der Waals surface area (Å²) in [7, 11) is 0. The highest BCUT2D eigenvalue weighted by Gasteiger charge is 1.87. The molecule has 0 saturated carbocycles. The molecule has 0 fully saturated rings. The Bertz CT molecular complexity index is 78.0. The molecule has 0 heterocycles. The van der Waals surface area contributed by atoms with Gasteiger partial charge in [0.05, 0.1) is 0 Å². The smallest absolute Gasteiger partial charge is 0.0290 e. The molecule has 9 heavy (non-hydrogen) atoms. The van der Waals surface area contributed by atoms with Crippen molar-refractivity contribution in [3.63, 3.8) is 0 Å². The Hall–Kier alpha value is -0.260. The molecule has 0 N–H and O–H groups in total. The second-order valence-electron chi connectivity index (χ2n) is 3.30. The molecule has 0 aromatic heterocycles. The second kappa shape index (κ2) is 4.60. The molecule has 0 radical (unpaired) electrons. The molecule has 0 rings (SSSR count). The van der Waals surface area contributed by atoms with E-state index in [0.29, 0.717) is 5.92 Å². The lowest BCUT2D eigenvalue weighted by atomic mass is 10.1. The van der Waals surface area contributed by atoms with Gasteiger partial charge in [-0.15, -0.1) is 0 Å². The Morgan fingerprint density at radius 3 is 2.00 bits per heavy atom. The second-order valence-corrected chi connectivity index (χ2v) is 3.30. The fourth-order valence-corrected chi connectivity index (χ4v) is 0.623. The highest BCUT2D eigenvalue weighted by Crippen LogP contribution is 2.02. The van der Waals surface area contributed by atoms with Gasteiger partial charge in [-0.3, -0.25) is 0 Å². The fourth-order valence-electron chi connectivity index (χ4n) is 0.623. The zero-order valence-corrected chi connectivity index (χ0v) is 7.02. The summed E-state index contributed by atoms with van der Waals surface area (Å²) in [6.45, 7) is 8.89. The molecule has 54 valence electrons. The average Bonchev–Trinajstić information content (AvgIpc) is 1.63. The minimum Gasteiger partial charge on any atom is -0.0880 e. The lowest BCUT2D eigenvalue weighted by Gasteiger charge is -1.97. The van der Waals surface area contributed by atoms with Crippen molar-refractivity contribution in [2.75, 3.05) is 0 Å². The third kappa shape index (κ3) is 7.74. The molecule has 0 unspecified atom stereocenters. The monoisotopic (exact) mass is 126 g/mol. The van der Waals surface area contributed by atoms with Crippen molar-refractivity contribution >= 4 is 0 Å². The van der Waals surface area contributed by atoms with Gasteiger partial charge in [0.15, 0.2) is 0 Å². The van der Waals surface area contributed by atoms with Gasteiger partial charge in [-0.25, -0.2) is 0 Å². The van der Waals surface area contributed by atoms with Gasteiger partial charge in [0.1, 0.15) is 0 Å². The maximum absolute atomic E-state index is 2.27. The zero-order chi connectivity index (χ0) is 7.28. The summed E-state index contributed by atoms with van der Waals surface area (Å²) in [4.78, 5) is 0. The minimum atomic E-state index is 0.712. The van der Waals surface area contributed by atoms with E-state index >= 15 is 0 Å².